The summed E-state index contributed by atoms with van der Waals surface area (Å²) in [6.45, 7) is 0. The lowest BCUT2D eigenvalue weighted by atomic mass is 9.93. The minimum atomic E-state index is 0.812. The van der Waals surface area contributed by atoms with Crippen molar-refractivity contribution in [2.45, 2.75) is 0 Å². The van der Waals surface area contributed by atoms with E-state index in [0.29, 0.717) is 0 Å². The first-order chi connectivity index (χ1) is 32.2. The standard InChI is InChI=1S/C62H42N2O/c1-5-17-43(18-6-1)45-29-34-52(35-30-45)63(50-23-9-3-10-24-50)54-41-59(61-57-38-33-46-21-13-16-28-56(46)62(57)65-60(61)42-54)64(51-25-11-4-12-26-51)53-36-31-47(32-37-53)58-40-49(44-19-7-2-8-20-44)39-48-22-14-15-27-55(48)58/h1-42H. The van der Waals surface area contributed by atoms with Crippen LogP contribution in [-0.2, 0) is 0 Å². The van der Waals surface area contributed by atoms with Gasteiger partial charge >= 0.3 is 0 Å². The molecule has 0 unspecified atom stereocenters. The highest BCUT2D eigenvalue weighted by atomic mass is 16.3. The average Bonchev–Trinajstić information content (AvgIpc) is 3.77. The van der Waals surface area contributed by atoms with Gasteiger partial charge in [0.1, 0.15) is 11.2 Å². The smallest absolute Gasteiger partial charge is 0.143 e. The van der Waals surface area contributed by atoms with Crippen molar-refractivity contribution in [2.75, 3.05) is 9.80 Å². The molecule has 0 bridgehead atoms. The Hall–Kier alpha value is -8.66. The molecule has 11 aromatic carbocycles. The molecule has 0 N–H and O–H groups in total. The third kappa shape index (κ3) is 6.97. The Morgan fingerprint density at radius 3 is 1.43 bits per heavy atom. The summed E-state index contributed by atoms with van der Waals surface area (Å²) < 4.78 is 7.08. The summed E-state index contributed by atoms with van der Waals surface area (Å²) >= 11 is 0. The molecule has 0 atom stereocenters. The monoisotopic (exact) mass is 830 g/mol. The van der Waals surface area contributed by atoms with Gasteiger partial charge in [-0.05, 0) is 122 Å². The molecule has 0 aliphatic heterocycles. The Morgan fingerprint density at radius 1 is 0.277 bits per heavy atom. The summed E-state index contributed by atoms with van der Waals surface area (Å²) in [7, 11) is 0. The van der Waals surface area contributed by atoms with Gasteiger partial charge in [-0.3, -0.25) is 0 Å². The number of nitrogens with zero attached hydrogens (tertiary/aromatic N) is 2. The van der Waals surface area contributed by atoms with Gasteiger partial charge in [-0.15, -0.1) is 0 Å². The predicted octanol–water partition coefficient (Wildman–Crippen LogP) is 17.8. The summed E-state index contributed by atoms with van der Waals surface area (Å²) in [6, 6.07) is 91.3. The van der Waals surface area contributed by atoms with Gasteiger partial charge in [0.2, 0.25) is 0 Å². The lowest BCUT2D eigenvalue weighted by molar-refractivity contribution is 0.673. The summed E-state index contributed by atoms with van der Waals surface area (Å²) in [5, 5.41) is 6.80. The van der Waals surface area contributed by atoms with Gasteiger partial charge in [0.15, 0.2) is 0 Å². The molecule has 0 spiro atoms. The largest absolute Gasteiger partial charge is 0.455 e. The van der Waals surface area contributed by atoms with E-state index in [1.165, 1.54) is 38.6 Å². The highest BCUT2D eigenvalue weighted by Gasteiger charge is 2.25. The third-order valence-corrected chi connectivity index (χ3v) is 12.6. The zero-order valence-electron chi connectivity index (χ0n) is 35.6. The van der Waals surface area contributed by atoms with Crippen LogP contribution in [0.25, 0.3) is 76.9 Å². The van der Waals surface area contributed by atoms with E-state index in [4.69, 9.17) is 4.42 Å². The molecule has 12 rings (SSSR count). The van der Waals surface area contributed by atoms with Crippen LogP contribution in [0.1, 0.15) is 0 Å². The molecule has 0 amide bonds. The van der Waals surface area contributed by atoms with Crippen LogP contribution in [0.15, 0.2) is 259 Å². The van der Waals surface area contributed by atoms with E-state index < -0.39 is 0 Å². The number of para-hydroxylation sites is 2. The Bertz CT molecular complexity index is 3620. The predicted molar refractivity (Wildman–Crippen MR) is 274 cm³/mol. The van der Waals surface area contributed by atoms with E-state index in [2.05, 4.69) is 265 Å². The van der Waals surface area contributed by atoms with E-state index in [9.17, 15) is 0 Å². The summed E-state index contributed by atoms with van der Waals surface area (Å²) in [5.74, 6) is 0. The number of benzene rings is 11. The van der Waals surface area contributed by atoms with Crippen LogP contribution >= 0.6 is 0 Å². The molecule has 0 saturated heterocycles. The first-order valence-corrected chi connectivity index (χ1v) is 22.2. The van der Waals surface area contributed by atoms with Crippen LogP contribution in [0.2, 0.25) is 0 Å². The van der Waals surface area contributed by atoms with E-state index in [1.807, 2.05) is 0 Å². The minimum absolute atomic E-state index is 0.812. The Labute approximate surface area is 378 Å². The van der Waals surface area contributed by atoms with Gasteiger partial charge < -0.3 is 14.2 Å². The van der Waals surface area contributed by atoms with Crippen LogP contribution in [0.4, 0.5) is 34.1 Å². The van der Waals surface area contributed by atoms with E-state index in [-0.39, 0.29) is 0 Å². The Balaban J connectivity index is 1.08. The maximum atomic E-state index is 7.08. The van der Waals surface area contributed by atoms with Crippen molar-refractivity contribution >= 4 is 77.6 Å². The van der Waals surface area contributed by atoms with Gasteiger partial charge in [-0.25, -0.2) is 0 Å². The summed E-state index contributed by atoms with van der Waals surface area (Å²) in [6.07, 6.45) is 0. The molecule has 0 aliphatic carbocycles. The highest BCUT2D eigenvalue weighted by molar-refractivity contribution is 6.20. The number of furan rings is 1. The zero-order chi connectivity index (χ0) is 43.1. The fourth-order valence-corrected chi connectivity index (χ4v) is 9.50. The molecule has 3 heteroatoms. The minimum Gasteiger partial charge on any atom is -0.455 e. The van der Waals surface area contributed by atoms with Crippen molar-refractivity contribution in [3.8, 4) is 33.4 Å². The molecule has 0 fully saturated rings. The highest BCUT2D eigenvalue weighted by Crippen LogP contribution is 2.49. The fraction of sp³-hybridized carbons (Fsp3) is 0. The molecule has 0 saturated carbocycles. The molecule has 65 heavy (non-hydrogen) atoms. The van der Waals surface area contributed by atoms with Crippen molar-refractivity contribution in [3.05, 3.63) is 255 Å². The molecule has 1 aromatic heterocycles. The lowest BCUT2D eigenvalue weighted by Crippen LogP contribution is -2.13. The zero-order valence-corrected chi connectivity index (χ0v) is 35.6. The molecule has 0 aliphatic rings. The van der Waals surface area contributed by atoms with Gasteiger partial charge in [0.25, 0.3) is 0 Å². The molecule has 0 radical (unpaired) electrons. The molecular weight excluding hydrogens is 789 g/mol. The second kappa shape index (κ2) is 16.2. The molecule has 1 heterocycles. The molecule has 306 valence electrons. The first kappa shape index (κ1) is 38.0. The van der Waals surface area contributed by atoms with Crippen LogP contribution in [0.5, 0.6) is 0 Å². The second-order valence-electron chi connectivity index (χ2n) is 16.5. The number of fused-ring (bicyclic) bond motifs is 6. The van der Waals surface area contributed by atoms with E-state index >= 15 is 0 Å². The van der Waals surface area contributed by atoms with Gasteiger partial charge in [0, 0.05) is 39.6 Å². The summed E-state index contributed by atoms with van der Waals surface area (Å²) in [4.78, 5) is 4.72. The van der Waals surface area contributed by atoms with Gasteiger partial charge in [-0.2, -0.15) is 0 Å². The molecule has 12 aromatic rings. The van der Waals surface area contributed by atoms with Gasteiger partial charge in [-0.1, -0.05) is 176 Å². The van der Waals surface area contributed by atoms with Crippen LogP contribution in [0, 0.1) is 0 Å². The number of hydrogen-bond donors (Lipinski definition) is 0. The molecular formula is C62H42N2O. The fourth-order valence-electron chi connectivity index (χ4n) is 9.50. The topological polar surface area (TPSA) is 19.6 Å². The third-order valence-electron chi connectivity index (χ3n) is 12.6. The number of rotatable bonds is 9. The second-order valence-corrected chi connectivity index (χ2v) is 16.5. The van der Waals surface area contributed by atoms with E-state index in [1.54, 1.807) is 0 Å². The number of hydrogen-bond acceptors (Lipinski definition) is 3. The maximum Gasteiger partial charge on any atom is 0.143 e. The Kier molecular flexibility index (Phi) is 9.50. The average molecular weight is 831 g/mol. The summed E-state index contributed by atoms with van der Waals surface area (Å²) in [5.41, 5.74) is 15.0. The van der Waals surface area contributed by atoms with Crippen molar-refractivity contribution in [1.29, 1.82) is 0 Å². The van der Waals surface area contributed by atoms with Crippen molar-refractivity contribution in [3.63, 3.8) is 0 Å². The lowest BCUT2D eigenvalue weighted by Gasteiger charge is -2.30. The van der Waals surface area contributed by atoms with Gasteiger partial charge in [0.05, 0.1) is 16.8 Å². The first-order valence-electron chi connectivity index (χ1n) is 22.2. The Morgan fingerprint density at radius 2 is 0.769 bits per heavy atom. The van der Waals surface area contributed by atoms with Crippen molar-refractivity contribution < 1.29 is 4.42 Å². The normalized spacial score (nSPS) is 11.4. The van der Waals surface area contributed by atoms with Crippen LogP contribution < -0.4 is 9.80 Å². The quantitative estimate of drug-likeness (QED) is 0.144. The van der Waals surface area contributed by atoms with Crippen molar-refractivity contribution in [2.24, 2.45) is 0 Å². The maximum absolute atomic E-state index is 7.08. The van der Waals surface area contributed by atoms with Crippen LogP contribution in [0.3, 0.4) is 0 Å². The SMILES string of the molecule is c1ccc(-c2ccc(N(c3ccccc3)c3cc(N(c4ccccc4)c4ccc(-c5cc(-c6ccccc6)cc6ccccc56)cc4)c4c(c3)oc3c5ccccc5ccc34)cc2)cc1. The van der Waals surface area contributed by atoms with Crippen LogP contribution in [-0.4, -0.2) is 0 Å². The number of anilines is 6. The van der Waals surface area contributed by atoms with Crippen molar-refractivity contribution in [1.82, 2.24) is 0 Å². The molecule has 3 nitrogen and oxygen atoms in total. The van der Waals surface area contributed by atoms with E-state index in [0.717, 1.165) is 72.4 Å².